The summed E-state index contributed by atoms with van der Waals surface area (Å²) in [5.74, 6) is 0. The van der Waals surface area contributed by atoms with Crippen LogP contribution in [0, 0.1) is 0 Å². The van der Waals surface area contributed by atoms with Crippen LogP contribution in [-0.4, -0.2) is 63.8 Å². The molecule has 2 heterocycles. The molecule has 0 aliphatic carbocycles. The van der Waals surface area contributed by atoms with Gasteiger partial charge in [-0.25, -0.2) is 4.39 Å². The van der Waals surface area contributed by atoms with E-state index in [1.807, 2.05) is 0 Å². The van der Waals surface area contributed by atoms with Gasteiger partial charge in [0.05, 0.1) is 24.4 Å². The van der Waals surface area contributed by atoms with Gasteiger partial charge in [0.1, 0.15) is 6.17 Å². The zero-order chi connectivity index (χ0) is 9.59. The molecule has 5 atom stereocenters. The Morgan fingerprint density at radius 3 is 2.54 bits per heavy atom. The number of hydrogen-bond donors (Lipinski definition) is 3. The fourth-order valence-electron chi connectivity index (χ4n) is 2.23. The van der Waals surface area contributed by atoms with Crippen molar-refractivity contribution < 1.29 is 19.7 Å². The highest BCUT2D eigenvalue weighted by Gasteiger charge is 2.49. The highest BCUT2D eigenvalue weighted by atomic mass is 19.1. The van der Waals surface area contributed by atoms with Gasteiger partial charge in [0.15, 0.2) is 0 Å². The Hall–Kier alpha value is -0.230. The number of halogens is 1. The Morgan fingerprint density at radius 2 is 1.85 bits per heavy atom. The Labute approximate surface area is 75.6 Å². The lowest BCUT2D eigenvalue weighted by Crippen LogP contribution is -2.53. The van der Waals surface area contributed by atoms with Gasteiger partial charge >= 0.3 is 0 Å². The van der Waals surface area contributed by atoms with Crippen LogP contribution in [-0.2, 0) is 0 Å². The smallest absolute Gasteiger partial charge is 0.144 e. The number of rotatable bonds is 0. The third kappa shape index (κ3) is 1.36. The first kappa shape index (κ1) is 9.33. The van der Waals surface area contributed by atoms with Crippen LogP contribution in [0.15, 0.2) is 0 Å². The van der Waals surface area contributed by atoms with E-state index in [2.05, 4.69) is 0 Å². The third-order valence-corrected chi connectivity index (χ3v) is 2.99. The van der Waals surface area contributed by atoms with Gasteiger partial charge in [-0.3, -0.25) is 4.90 Å². The molecule has 5 heteroatoms. The Kier molecular flexibility index (Phi) is 2.27. The molecule has 0 radical (unpaired) electrons. The van der Waals surface area contributed by atoms with Crippen LogP contribution in [0.25, 0.3) is 0 Å². The number of hydrogen-bond acceptors (Lipinski definition) is 4. The van der Waals surface area contributed by atoms with Gasteiger partial charge in [0, 0.05) is 13.1 Å². The van der Waals surface area contributed by atoms with Gasteiger partial charge in [-0.15, -0.1) is 0 Å². The number of aliphatic hydroxyl groups excluding tert-OH is 3. The highest BCUT2D eigenvalue weighted by molar-refractivity contribution is 5.02. The molecule has 0 aromatic rings. The van der Waals surface area contributed by atoms with Crippen LogP contribution >= 0.6 is 0 Å². The largest absolute Gasteiger partial charge is 0.390 e. The number of nitrogens with zero attached hydrogens (tertiary/aromatic N) is 1. The van der Waals surface area contributed by atoms with E-state index in [1.165, 1.54) is 0 Å². The average molecular weight is 191 g/mol. The van der Waals surface area contributed by atoms with Gasteiger partial charge in [0.2, 0.25) is 0 Å². The second kappa shape index (κ2) is 3.16. The third-order valence-electron chi connectivity index (χ3n) is 2.99. The summed E-state index contributed by atoms with van der Waals surface area (Å²) < 4.78 is 13.4. The lowest BCUT2D eigenvalue weighted by molar-refractivity contribution is -0.0544. The van der Waals surface area contributed by atoms with E-state index < -0.39 is 30.5 Å². The van der Waals surface area contributed by atoms with E-state index >= 15 is 0 Å². The summed E-state index contributed by atoms with van der Waals surface area (Å²) in [6, 6.07) is -0.723. The first-order valence-corrected chi connectivity index (χ1v) is 4.53. The summed E-state index contributed by atoms with van der Waals surface area (Å²) in [5, 5.41) is 28.0. The normalized spacial score (nSPS) is 52.2. The minimum Gasteiger partial charge on any atom is -0.390 e. The summed E-state index contributed by atoms with van der Waals surface area (Å²) >= 11 is 0. The summed E-state index contributed by atoms with van der Waals surface area (Å²) in [6.07, 6.45) is -4.02. The summed E-state index contributed by atoms with van der Waals surface area (Å²) in [4.78, 5) is 1.70. The molecule has 0 spiro atoms. The zero-order valence-corrected chi connectivity index (χ0v) is 7.17. The molecule has 2 rings (SSSR count). The fourth-order valence-corrected chi connectivity index (χ4v) is 2.23. The molecule has 0 amide bonds. The minimum absolute atomic E-state index is 0.305. The first-order valence-electron chi connectivity index (χ1n) is 4.53. The zero-order valence-electron chi connectivity index (χ0n) is 7.17. The molecule has 5 unspecified atom stereocenters. The second-order valence-electron chi connectivity index (χ2n) is 3.84. The van der Waals surface area contributed by atoms with Crippen LogP contribution in [0.5, 0.6) is 0 Å². The SMILES string of the molecule is OC1CN2CCC(O)C(F)C2C1O. The molecule has 0 aromatic heterocycles. The van der Waals surface area contributed by atoms with Crippen molar-refractivity contribution in [1.82, 2.24) is 4.90 Å². The molecular formula is C8H14FNO3. The lowest BCUT2D eigenvalue weighted by Gasteiger charge is -2.36. The van der Waals surface area contributed by atoms with Crippen LogP contribution < -0.4 is 0 Å². The molecule has 2 aliphatic heterocycles. The molecule has 2 saturated heterocycles. The maximum Gasteiger partial charge on any atom is 0.144 e. The summed E-state index contributed by atoms with van der Waals surface area (Å²) in [7, 11) is 0. The van der Waals surface area contributed by atoms with E-state index in [9.17, 15) is 19.7 Å². The molecule has 76 valence electrons. The predicted molar refractivity (Wildman–Crippen MR) is 42.9 cm³/mol. The second-order valence-corrected chi connectivity index (χ2v) is 3.84. The van der Waals surface area contributed by atoms with Gasteiger partial charge in [-0.1, -0.05) is 0 Å². The number of piperidine rings is 1. The summed E-state index contributed by atoms with van der Waals surface area (Å²) in [6.45, 7) is 0.847. The van der Waals surface area contributed by atoms with E-state index in [0.29, 0.717) is 19.5 Å². The molecule has 2 aliphatic rings. The van der Waals surface area contributed by atoms with Crippen molar-refractivity contribution >= 4 is 0 Å². The number of fused-ring (bicyclic) bond motifs is 1. The first-order chi connectivity index (χ1) is 6.11. The van der Waals surface area contributed by atoms with Crippen molar-refractivity contribution in [3.05, 3.63) is 0 Å². The molecule has 0 aromatic carbocycles. The summed E-state index contributed by atoms with van der Waals surface area (Å²) in [5.41, 5.74) is 0. The quantitative estimate of drug-likeness (QED) is 0.436. The Balaban J connectivity index is 2.14. The van der Waals surface area contributed by atoms with Crippen molar-refractivity contribution in [3.8, 4) is 0 Å². The number of aliphatic hydroxyl groups is 3. The molecule has 3 N–H and O–H groups in total. The van der Waals surface area contributed by atoms with Crippen molar-refractivity contribution in [2.45, 2.75) is 36.9 Å². The van der Waals surface area contributed by atoms with E-state index in [-0.39, 0.29) is 0 Å². The lowest BCUT2D eigenvalue weighted by atomic mass is 9.96. The van der Waals surface area contributed by atoms with Crippen LogP contribution in [0.3, 0.4) is 0 Å². The number of alkyl halides is 1. The Morgan fingerprint density at radius 1 is 1.15 bits per heavy atom. The van der Waals surface area contributed by atoms with Crippen LogP contribution in [0.1, 0.15) is 6.42 Å². The van der Waals surface area contributed by atoms with E-state index in [0.717, 1.165) is 0 Å². The Bertz CT molecular complexity index is 202. The molecule has 0 bridgehead atoms. The van der Waals surface area contributed by atoms with Gasteiger partial charge in [0.25, 0.3) is 0 Å². The fraction of sp³-hybridized carbons (Fsp3) is 1.00. The molecular weight excluding hydrogens is 177 g/mol. The maximum atomic E-state index is 13.4. The van der Waals surface area contributed by atoms with Crippen molar-refractivity contribution in [1.29, 1.82) is 0 Å². The van der Waals surface area contributed by atoms with Crippen molar-refractivity contribution in [2.24, 2.45) is 0 Å². The van der Waals surface area contributed by atoms with Crippen LogP contribution in [0.2, 0.25) is 0 Å². The minimum atomic E-state index is -1.44. The van der Waals surface area contributed by atoms with Gasteiger partial charge in [-0.05, 0) is 6.42 Å². The van der Waals surface area contributed by atoms with E-state index in [1.54, 1.807) is 4.90 Å². The molecule has 4 nitrogen and oxygen atoms in total. The highest BCUT2D eigenvalue weighted by Crippen LogP contribution is 2.29. The van der Waals surface area contributed by atoms with Gasteiger partial charge in [-0.2, -0.15) is 0 Å². The average Bonchev–Trinajstić information content (AvgIpc) is 2.37. The van der Waals surface area contributed by atoms with Crippen LogP contribution in [0.4, 0.5) is 4.39 Å². The predicted octanol–water partition coefficient (Wildman–Crippen LogP) is -1.50. The molecule has 0 saturated carbocycles. The molecule has 2 fully saturated rings. The molecule has 13 heavy (non-hydrogen) atoms. The monoisotopic (exact) mass is 191 g/mol. The topological polar surface area (TPSA) is 63.9 Å². The van der Waals surface area contributed by atoms with Crippen molar-refractivity contribution in [2.75, 3.05) is 13.1 Å². The van der Waals surface area contributed by atoms with E-state index in [4.69, 9.17) is 0 Å². The standard InChI is InChI=1S/C8H14FNO3/c9-6-4(11)1-2-10-3-5(12)8(13)7(6)10/h4-8,11-13H,1-3H2. The van der Waals surface area contributed by atoms with Gasteiger partial charge < -0.3 is 15.3 Å². The van der Waals surface area contributed by atoms with Crippen molar-refractivity contribution in [3.63, 3.8) is 0 Å². The maximum absolute atomic E-state index is 13.4.